The van der Waals surface area contributed by atoms with Crippen molar-refractivity contribution in [2.45, 2.75) is 45.6 Å². The maximum absolute atomic E-state index is 5.91. The van der Waals surface area contributed by atoms with Gasteiger partial charge >= 0.3 is 0 Å². The standard InChI is InChI=1S/C13H16O.C2H6/c1-2-6-12-10(4-1)7-8-11-5-3-9-14-13(11)12;1-2/h1-2,4,6,11,13H,3,5,7-9H2;1-2H3. The maximum atomic E-state index is 5.91. The van der Waals surface area contributed by atoms with Gasteiger partial charge < -0.3 is 4.74 Å². The van der Waals surface area contributed by atoms with Crippen LogP contribution in [0.1, 0.15) is 50.3 Å². The highest BCUT2D eigenvalue weighted by molar-refractivity contribution is 5.32. The van der Waals surface area contributed by atoms with Crippen LogP contribution in [-0.4, -0.2) is 6.61 Å². The second kappa shape index (κ2) is 5.49. The SMILES string of the molecule is CC.c1ccc2c(c1)CCC1CCCOC21. The van der Waals surface area contributed by atoms with E-state index >= 15 is 0 Å². The van der Waals surface area contributed by atoms with Gasteiger partial charge in [0.15, 0.2) is 0 Å². The third-order valence-corrected chi connectivity index (χ3v) is 3.59. The highest BCUT2D eigenvalue weighted by Gasteiger charge is 2.31. The molecule has 16 heavy (non-hydrogen) atoms. The van der Waals surface area contributed by atoms with Gasteiger partial charge in [0, 0.05) is 6.61 Å². The Morgan fingerprint density at radius 3 is 2.81 bits per heavy atom. The van der Waals surface area contributed by atoms with Crippen LogP contribution in [0.3, 0.4) is 0 Å². The summed E-state index contributed by atoms with van der Waals surface area (Å²) in [7, 11) is 0. The van der Waals surface area contributed by atoms with Crippen LogP contribution in [0.15, 0.2) is 24.3 Å². The van der Waals surface area contributed by atoms with Crippen molar-refractivity contribution < 1.29 is 4.74 Å². The summed E-state index contributed by atoms with van der Waals surface area (Å²) in [5.41, 5.74) is 2.97. The van der Waals surface area contributed by atoms with E-state index in [1.165, 1.54) is 36.8 Å². The highest BCUT2D eigenvalue weighted by atomic mass is 16.5. The van der Waals surface area contributed by atoms with E-state index in [0.717, 1.165) is 12.5 Å². The Morgan fingerprint density at radius 2 is 1.94 bits per heavy atom. The second-order valence-electron chi connectivity index (χ2n) is 4.43. The second-order valence-corrected chi connectivity index (χ2v) is 4.43. The van der Waals surface area contributed by atoms with Gasteiger partial charge in [0.05, 0.1) is 6.10 Å². The summed E-state index contributed by atoms with van der Waals surface area (Å²) in [6.45, 7) is 4.95. The molecular formula is C15H22O. The number of hydrogen-bond donors (Lipinski definition) is 0. The van der Waals surface area contributed by atoms with Gasteiger partial charge in [-0.25, -0.2) is 0 Å². The van der Waals surface area contributed by atoms with E-state index in [1.807, 2.05) is 13.8 Å². The minimum absolute atomic E-state index is 0.411. The molecule has 1 saturated heterocycles. The normalized spacial score (nSPS) is 27.1. The molecule has 1 aromatic carbocycles. The first-order valence-corrected chi connectivity index (χ1v) is 6.64. The van der Waals surface area contributed by atoms with Gasteiger partial charge in [-0.15, -0.1) is 0 Å². The van der Waals surface area contributed by atoms with E-state index in [1.54, 1.807) is 0 Å². The molecule has 0 bridgehead atoms. The Balaban J connectivity index is 0.000000457. The maximum Gasteiger partial charge on any atom is 0.0855 e. The summed E-state index contributed by atoms with van der Waals surface area (Å²) in [6, 6.07) is 8.78. The zero-order valence-corrected chi connectivity index (χ0v) is 10.4. The van der Waals surface area contributed by atoms with Crippen LogP contribution in [0, 0.1) is 5.92 Å². The van der Waals surface area contributed by atoms with Gasteiger partial charge in [0.2, 0.25) is 0 Å². The minimum atomic E-state index is 0.411. The molecule has 1 heteroatoms. The molecule has 0 aromatic heterocycles. The van der Waals surface area contributed by atoms with Gasteiger partial charge in [0.25, 0.3) is 0 Å². The Morgan fingerprint density at radius 1 is 1.12 bits per heavy atom. The number of aryl methyl sites for hydroxylation is 1. The van der Waals surface area contributed by atoms with Crippen LogP contribution < -0.4 is 0 Å². The van der Waals surface area contributed by atoms with Gasteiger partial charge in [-0.05, 0) is 42.7 Å². The summed E-state index contributed by atoms with van der Waals surface area (Å²) in [5, 5.41) is 0. The van der Waals surface area contributed by atoms with Crippen molar-refractivity contribution in [3.05, 3.63) is 35.4 Å². The number of ether oxygens (including phenoxy) is 1. The number of rotatable bonds is 0. The van der Waals surface area contributed by atoms with E-state index < -0.39 is 0 Å². The molecule has 1 fully saturated rings. The topological polar surface area (TPSA) is 9.23 Å². The molecule has 3 rings (SSSR count). The molecule has 88 valence electrons. The molecule has 1 heterocycles. The average molecular weight is 218 g/mol. The van der Waals surface area contributed by atoms with E-state index in [-0.39, 0.29) is 0 Å². The lowest BCUT2D eigenvalue weighted by atomic mass is 9.78. The third-order valence-electron chi connectivity index (χ3n) is 3.59. The summed E-state index contributed by atoms with van der Waals surface area (Å²) < 4.78 is 5.91. The Labute approximate surface area is 98.8 Å². The van der Waals surface area contributed by atoms with Crippen molar-refractivity contribution in [3.8, 4) is 0 Å². The molecular weight excluding hydrogens is 196 g/mol. The quantitative estimate of drug-likeness (QED) is 0.636. The lowest BCUT2D eigenvalue weighted by Gasteiger charge is -2.36. The van der Waals surface area contributed by atoms with E-state index in [2.05, 4.69) is 24.3 Å². The van der Waals surface area contributed by atoms with E-state index in [9.17, 15) is 0 Å². The molecule has 0 radical (unpaired) electrons. The molecule has 1 aromatic rings. The lowest BCUT2D eigenvalue weighted by molar-refractivity contribution is -0.0362. The predicted molar refractivity (Wildman–Crippen MR) is 67.5 cm³/mol. The zero-order chi connectivity index (χ0) is 11.4. The molecule has 2 unspecified atom stereocenters. The fourth-order valence-electron chi connectivity index (χ4n) is 2.86. The van der Waals surface area contributed by atoms with Gasteiger partial charge in [0.1, 0.15) is 0 Å². The van der Waals surface area contributed by atoms with E-state index in [0.29, 0.717) is 6.10 Å². The molecule has 2 aliphatic rings. The highest BCUT2D eigenvalue weighted by Crippen LogP contribution is 2.41. The third kappa shape index (κ3) is 2.15. The van der Waals surface area contributed by atoms with Gasteiger partial charge in [-0.2, -0.15) is 0 Å². The largest absolute Gasteiger partial charge is 0.373 e. The molecule has 1 aliphatic heterocycles. The summed E-state index contributed by atoms with van der Waals surface area (Å²) in [5.74, 6) is 0.790. The van der Waals surface area contributed by atoms with Crippen molar-refractivity contribution >= 4 is 0 Å². The first-order chi connectivity index (χ1) is 7.95. The first-order valence-electron chi connectivity index (χ1n) is 6.64. The number of benzene rings is 1. The fourth-order valence-corrected chi connectivity index (χ4v) is 2.86. The van der Waals surface area contributed by atoms with Gasteiger partial charge in [-0.1, -0.05) is 38.1 Å². The van der Waals surface area contributed by atoms with Crippen molar-refractivity contribution in [2.75, 3.05) is 6.61 Å². The number of fused-ring (bicyclic) bond motifs is 3. The van der Waals surface area contributed by atoms with Crippen LogP contribution in [0.2, 0.25) is 0 Å². The summed E-state index contributed by atoms with van der Waals surface area (Å²) in [4.78, 5) is 0. The minimum Gasteiger partial charge on any atom is -0.373 e. The molecule has 2 atom stereocenters. The van der Waals surface area contributed by atoms with E-state index in [4.69, 9.17) is 4.74 Å². The molecule has 0 spiro atoms. The Hall–Kier alpha value is -0.820. The lowest BCUT2D eigenvalue weighted by Crippen LogP contribution is -2.27. The average Bonchev–Trinajstić information content (AvgIpc) is 2.41. The van der Waals surface area contributed by atoms with Crippen LogP contribution in [0.25, 0.3) is 0 Å². The van der Waals surface area contributed by atoms with Crippen molar-refractivity contribution in [1.29, 1.82) is 0 Å². The van der Waals surface area contributed by atoms with Crippen LogP contribution in [-0.2, 0) is 11.2 Å². The Bertz CT molecular complexity index is 332. The van der Waals surface area contributed by atoms with Crippen LogP contribution in [0.4, 0.5) is 0 Å². The van der Waals surface area contributed by atoms with Crippen molar-refractivity contribution in [1.82, 2.24) is 0 Å². The smallest absolute Gasteiger partial charge is 0.0855 e. The van der Waals surface area contributed by atoms with Gasteiger partial charge in [-0.3, -0.25) is 0 Å². The zero-order valence-electron chi connectivity index (χ0n) is 10.4. The van der Waals surface area contributed by atoms with Crippen molar-refractivity contribution in [2.24, 2.45) is 5.92 Å². The summed E-state index contributed by atoms with van der Waals surface area (Å²) >= 11 is 0. The summed E-state index contributed by atoms with van der Waals surface area (Å²) in [6.07, 6.45) is 5.60. The predicted octanol–water partition coefficient (Wildman–Crippen LogP) is 4.13. The fraction of sp³-hybridized carbons (Fsp3) is 0.600. The molecule has 0 N–H and O–H groups in total. The monoisotopic (exact) mass is 218 g/mol. The van der Waals surface area contributed by atoms with Crippen LogP contribution in [0.5, 0.6) is 0 Å². The Kier molecular flexibility index (Phi) is 4.00. The molecule has 1 nitrogen and oxygen atoms in total. The number of hydrogen-bond acceptors (Lipinski definition) is 1. The first kappa shape index (κ1) is 11.7. The van der Waals surface area contributed by atoms with Crippen molar-refractivity contribution in [3.63, 3.8) is 0 Å². The van der Waals surface area contributed by atoms with Crippen LogP contribution >= 0.6 is 0 Å². The molecule has 0 amide bonds. The molecule has 1 aliphatic carbocycles. The molecule has 0 saturated carbocycles.